The van der Waals surface area contributed by atoms with Crippen LogP contribution in [0.5, 0.6) is 0 Å². The summed E-state index contributed by atoms with van der Waals surface area (Å²) in [6.07, 6.45) is 0.111. The number of hydrogen-bond donors (Lipinski definition) is 2. The fourth-order valence-corrected chi connectivity index (χ4v) is 1.19. The SMILES string of the molecule is COC(C)CNc1ccc(Cl)c(CO)n1. The number of anilines is 1. The summed E-state index contributed by atoms with van der Waals surface area (Å²) in [6, 6.07) is 3.48. The second-order valence-electron chi connectivity index (χ2n) is 3.21. The van der Waals surface area contributed by atoms with Crippen molar-refractivity contribution >= 4 is 17.4 Å². The van der Waals surface area contributed by atoms with Crippen molar-refractivity contribution in [3.05, 3.63) is 22.8 Å². The molecule has 1 aromatic heterocycles. The third kappa shape index (κ3) is 3.66. The standard InChI is InChI=1S/C10H15ClN2O2/c1-7(15-2)5-12-10-4-3-8(11)9(6-14)13-10/h3-4,7,14H,5-6H2,1-2H3,(H,12,13). The first kappa shape index (κ1) is 12.2. The molecular weight excluding hydrogens is 216 g/mol. The van der Waals surface area contributed by atoms with Crippen LogP contribution in [0.15, 0.2) is 12.1 Å². The number of aromatic nitrogens is 1. The highest BCUT2D eigenvalue weighted by Gasteiger charge is 2.04. The lowest BCUT2D eigenvalue weighted by atomic mass is 10.3. The van der Waals surface area contributed by atoms with E-state index in [0.29, 0.717) is 23.1 Å². The van der Waals surface area contributed by atoms with Crippen molar-refractivity contribution in [2.45, 2.75) is 19.6 Å². The van der Waals surface area contributed by atoms with E-state index in [9.17, 15) is 0 Å². The third-order valence-corrected chi connectivity index (χ3v) is 2.39. The lowest BCUT2D eigenvalue weighted by molar-refractivity contribution is 0.128. The van der Waals surface area contributed by atoms with Crippen LogP contribution in [-0.4, -0.2) is 29.8 Å². The Morgan fingerprint density at radius 1 is 1.60 bits per heavy atom. The first-order valence-corrected chi connectivity index (χ1v) is 5.08. The lowest BCUT2D eigenvalue weighted by Crippen LogP contribution is -2.18. The number of aliphatic hydroxyl groups is 1. The Hall–Kier alpha value is -0.840. The Balaban J connectivity index is 2.62. The third-order valence-electron chi connectivity index (χ3n) is 2.04. The van der Waals surface area contributed by atoms with E-state index in [0.717, 1.165) is 0 Å². The van der Waals surface area contributed by atoms with Crippen molar-refractivity contribution in [2.75, 3.05) is 19.0 Å². The smallest absolute Gasteiger partial charge is 0.126 e. The van der Waals surface area contributed by atoms with Gasteiger partial charge in [0.05, 0.1) is 23.4 Å². The monoisotopic (exact) mass is 230 g/mol. The van der Waals surface area contributed by atoms with Gasteiger partial charge in [0.2, 0.25) is 0 Å². The summed E-state index contributed by atoms with van der Waals surface area (Å²) in [6.45, 7) is 2.46. The van der Waals surface area contributed by atoms with Crippen LogP contribution in [0.2, 0.25) is 5.02 Å². The van der Waals surface area contributed by atoms with Crippen molar-refractivity contribution in [1.29, 1.82) is 0 Å². The van der Waals surface area contributed by atoms with E-state index in [1.165, 1.54) is 0 Å². The average Bonchev–Trinajstić information content (AvgIpc) is 2.27. The Kier molecular flexibility index (Phi) is 4.81. The number of pyridine rings is 1. The fraction of sp³-hybridized carbons (Fsp3) is 0.500. The summed E-state index contributed by atoms with van der Waals surface area (Å²) in [5, 5.41) is 12.5. The molecule has 15 heavy (non-hydrogen) atoms. The zero-order valence-electron chi connectivity index (χ0n) is 8.83. The van der Waals surface area contributed by atoms with Gasteiger partial charge in [0, 0.05) is 13.7 Å². The summed E-state index contributed by atoms with van der Waals surface area (Å²) in [7, 11) is 1.65. The second kappa shape index (κ2) is 5.90. The van der Waals surface area contributed by atoms with E-state index in [1.807, 2.05) is 6.92 Å². The number of aliphatic hydroxyl groups excluding tert-OH is 1. The Labute approximate surface area is 94.2 Å². The molecule has 0 saturated heterocycles. The Morgan fingerprint density at radius 3 is 2.93 bits per heavy atom. The first-order valence-electron chi connectivity index (χ1n) is 4.70. The van der Waals surface area contributed by atoms with E-state index in [2.05, 4.69) is 10.3 Å². The normalized spacial score (nSPS) is 12.5. The van der Waals surface area contributed by atoms with Gasteiger partial charge in [-0.05, 0) is 19.1 Å². The number of methoxy groups -OCH3 is 1. The Bertz CT molecular complexity index is 320. The van der Waals surface area contributed by atoms with Gasteiger partial charge in [0.1, 0.15) is 5.82 Å². The molecule has 0 aliphatic heterocycles. The predicted octanol–water partition coefficient (Wildman–Crippen LogP) is 1.67. The minimum atomic E-state index is -0.159. The predicted molar refractivity (Wildman–Crippen MR) is 60.1 cm³/mol. The topological polar surface area (TPSA) is 54.4 Å². The molecule has 4 nitrogen and oxygen atoms in total. The molecule has 1 aromatic rings. The van der Waals surface area contributed by atoms with Gasteiger partial charge in [-0.3, -0.25) is 0 Å². The molecule has 0 aliphatic carbocycles. The maximum absolute atomic E-state index is 8.97. The van der Waals surface area contributed by atoms with Gasteiger partial charge in [-0.25, -0.2) is 4.98 Å². The van der Waals surface area contributed by atoms with Gasteiger partial charge >= 0.3 is 0 Å². The van der Waals surface area contributed by atoms with Crippen LogP contribution < -0.4 is 5.32 Å². The maximum Gasteiger partial charge on any atom is 0.126 e. The summed E-state index contributed by atoms with van der Waals surface area (Å²) >= 11 is 5.81. The van der Waals surface area contributed by atoms with Crippen LogP contribution in [0.4, 0.5) is 5.82 Å². The van der Waals surface area contributed by atoms with E-state index >= 15 is 0 Å². The summed E-state index contributed by atoms with van der Waals surface area (Å²) in [4.78, 5) is 4.15. The van der Waals surface area contributed by atoms with Crippen molar-refractivity contribution in [3.63, 3.8) is 0 Å². The second-order valence-corrected chi connectivity index (χ2v) is 3.62. The van der Waals surface area contributed by atoms with Crippen molar-refractivity contribution in [2.24, 2.45) is 0 Å². The van der Waals surface area contributed by atoms with Gasteiger partial charge in [0.15, 0.2) is 0 Å². The largest absolute Gasteiger partial charge is 0.390 e. The van der Waals surface area contributed by atoms with Crippen LogP contribution >= 0.6 is 11.6 Å². The number of hydrogen-bond acceptors (Lipinski definition) is 4. The van der Waals surface area contributed by atoms with Crippen LogP contribution in [-0.2, 0) is 11.3 Å². The average molecular weight is 231 g/mol. The summed E-state index contributed by atoms with van der Waals surface area (Å²) in [5.41, 5.74) is 0.478. The van der Waals surface area contributed by atoms with Crippen LogP contribution in [0.3, 0.4) is 0 Å². The Morgan fingerprint density at radius 2 is 2.33 bits per heavy atom. The van der Waals surface area contributed by atoms with Gasteiger partial charge in [-0.15, -0.1) is 0 Å². The number of halogens is 1. The molecule has 0 bridgehead atoms. The number of rotatable bonds is 5. The number of nitrogens with zero attached hydrogens (tertiary/aromatic N) is 1. The van der Waals surface area contributed by atoms with Crippen molar-refractivity contribution in [3.8, 4) is 0 Å². The molecule has 0 amide bonds. The van der Waals surface area contributed by atoms with Gasteiger partial charge < -0.3 is 15.2 Å². The summed E-state index contributed by atoms with van der Waals surface area (Å²) < 4.78 is 5.09. The fourth-order valence-electron chi connectivity index (χ4n) is 1.03. The highest BCUT2D eigenvalue weighted by atomic mass is 35.5. The highest BCUT2D eigenvalue weighted by Crippen LogP contribution is 2.16. The molecule has 1 atom stereocenters. The molecule has 0 aromatic carbocycles. The lowest BCUT2D eigenvalue weighted by Gasteiger charge is -2.12. The van der Waals surface area contributed by atoms with Crippen molar-refractivity contribution in [1.82, 2.24) is 4.98 Å². The minimum absolute atomic E-state index is 0.111. The zero-order valence-corrected chi connectivity index (χ0v) is 9.58. The molecule has 0 fully saturated rings. The minimum Gasteiger partial charge on any atom is -0.390 e. The van der Waals surface area contributed by atoms with E-state index in [4.69, 9.17) is 21.4 Å². The van der Waals surface area contributed by atoms with Crippen LogP contribution in [0.25, 0.3) is 0 Å². The molecular formula is C10H15ClN2O2. The van der Waals surface area contributed by atoms with Crippen molar-refractivity contribution < 1.29 is 9.84 Å². The van der Waals surface area contributed by atoms with E-state index in [1.54, 1.807) is 19.2 Å². The molecule has 1 heterocycles. The molecule has 0 spiro atoms. The van der Waals surface area contributed by atoms with E-state index < -0.39 is 0 Å². The molecule has 84 valence electrons. The maximum atomic E-state index is 8.97. The molecule has 0 radical (unpaired) electrons. The van der Waals surface area contributed by atoms with E-state index in [-0.39, 0.29) is 12.7 Å². The molecule has 1 rings (SSSR count). The van der Waals surface area contributed by atoms with Crippen LogP contribution in [0, 0.1) is 0 Å². The quantitative estimate of drug-likeness (QED) is 0.808. The molecule has 0 aliphatic rings. The molecule has 0 saturated carbocycles. The van der Waals surface area contributed by atoms with Gasteiger partial charge in [-0.1, -0.05) is 11.6 Å². The summed E-state index contributed by atoms with van der Waals surface area (Å²) in [5.74, 6) is 0.687. The number of ether oxygens (including phenoxy) is 1. The molecule has 1 unspecified atom stereocenters. The van der Waals surface area contributed by atoms with Gasteiger partial charge in [0.25, 0.3) is 0 Å². The first-order chi connectivity index (χ1) is 7.17. The number of nitrogens with one attached hydrogen (secondary N) is 1. The molecule has 2 N–H and O–H groups in total. The zero-order chi connectivity index (χ0) is 11.3. The van der Waals surface area contributed by atoms with Gasteiger partial charge in [-0.2, -0.15) is 0 Å². The highest BCUT2D eigenvalue weighted by molar-refractivity contribution is 6.31. The molecule has 5 heteroatoms. The van der Waals surface area contributed by atoms with Crippen LogP contribution in [0.1, 0.15) is 12.6 Å².